The number of benzene rings is 2. The van der Waals surface area contributed by atoms with Gasteiger partial charge in [-0.1, -0.05) is 17.9 Å². The lowest BCUT2D eigenvalue weighted by Gasteiger charge is -2.27. The van der Waals surface area contributed by atoms with E-state index in [1.54, 1.807) is 36.5 Å². The van der Waals surface area contributed by atoms with Gasteiger partial charge in [0, 0.05) is 30.1 Å². The molecule has 1 aliphatic heterocycles. The largest absolute Gasteiger partial charge is 0.478 e. The summed E-state index contributed by atoms with van der Waals surface area (Å²) in [4.78, 5) is 25.8. The molecule has 45 heavy (non-hydrogen) atoms. The number of thiazole rings is 1. The Balaban J connectivity index is 1.22. The standard InChI is InChI=1S/C34H30F2N4O4S/c1-34(2,3)11-9-23-17-37-32(45-23)19-44-31-6-4-5-27(39-31)24-16-25(35)21(13-26(24)36)15-30-38-28-8-7-20(33(41)42)14-29(28)40(30)18-22-10-12-43-22/h4-8,13-14,16-17,22H,10,12,15,18-19H2,1-3H3,(H,41,42)/t22-/m0/s1. The number of imidazole rings is 1. The van der Waals surface area contributed by atoms with Crippen molar-refractivity contribution in [2.75, 3.05) is 6.61 Å². The Kier molecular flexibility index (Phi) is 8.36. The van der Waals surface area contributed by atoms with E-state index in [1.165, 1.54) is 17.4 Å². The van der Waals surface area contributed by atoms with Gasteiger partial charge in [-0.3, -0.25) is 0 Å². The summed E-state index contributed by atoms with van der Waals surface area (Å²) in [5, 5.41) is 10.2. The van der Waals surface area contributed by atoms with Crippen molar-refractivity contribution < 1.29 is 28.2 Å². The normalized spacial score (nSPS) is 14.6. The van der Waals surface area contributed by atoms with Gasteiger partial charge in [0.2, 0.25) is 5.88 Å². The molecule has 11 heteroatoms. The molecule has 230 valence electrons. The van der Waals surface area contributed by atoms with Crippen LogP contribution in [0.25, 0.3) is 22.3 Å². The topological polar surface area (TPSA) is 99.4 Å². The third-order valence-electron chi connectivity index (χ3n) is 7.20. The SMILES string of the molecule is CC(C)(C)C#Cc1cnc(COc2cccc(-c3cc(F)c(Cc4nc5ccc(C(=O)O)cc5n4C[C@@H]4CCO4)cc3F)n2)s1. The number of aromatic carboxylic acids is 1. The van der Waals surface area contributed by atoms with Crippen LogP contribution in [0.4, 0.5) is 8.78 Å². The maximum Gasteiger partial charge on any atom is 0.335 e. The highest BCUT2D eigenvalue weighted by molar-refractivity contribution is 7.12. The Bertz CT molecular complexity index is 1960. The number of carboxylic acids is 1. The van der Waals surface area contributed by atoms with Crippen LogP contribution in [0.15, 0.2) is 54.7 Å². The van der Waals surface area contributed by atoms with E-state index in [4.69, 9.17) is 9.47 Å². The summed E-state index contributed by atoms with van der Waals surface area (Å²) in [6, 6.07) is 11.8. The molecule has 6 rings (SSSR count). The Hall–Kier alpha value is -4.66. The molecule has 4 heterocycles. The first-order chi connectivity index (χ1) is 21.5. The number of hydrogen-bond acceptors (Lipinski definition) is 7. The minimum absolute atomic E-state index is 0.000646. The van der Waals surface area contributed by atoms with Crippen molar-refractivity contribution in [2.24, 2.45) is 5.41 Å². The fraction of sp³-hybridized carbons (Fsp3) is 0.294. The van der Waals surface area contributed by atoms with Crippen molar-refractivity contribution in [1.29, 1.82) is 0 Å². The molecule has 8 nitrogen and oxygen atoms in total. The molecule has 1 atom stereocenters. The van der Waals surface area contributed by atoms with E-state index >= 15 is 8.78 Å². The van der Waals surface area contributed by atoms with Crippen LogP contribution in [0, 0.1) is 28.9 Å². The summed E-state index contributed by atoms with van der Waals surface area (Å²) in [5.41, 5.74) is 1.51. The Morgan fingerprint density at radius 1 is 1.16 bits per heavy atom. The minimum Gasteiger partial charge on any atom is -0.478 e. The van der Waals surface area contributed by atoms with Gasteiger partial charge in [0.1, 0.15) is 29.1 Å². The number of fused-ring (bicyclic) bond motifs is 1. The van der Waals surface area contributed by atoms with E-state index in [1.807, 2.05) is 25.3 Å². The number of aromatic nitrogens is 4. The second-order valence-electron chi connectivity index (χ2n) is 11.8. The molecule has 1 fully saturated rings. The maximum absolute atomic E-state index is 15.5. The van der Waals surface area contributed by atoms with E-state index in [0.29, 0.717) is 30.0 Å². The van der Waals surface area contributed by atoms with Crippen molar-refractivity contribution in [3.63, 3.8) is 0 Å². The highest BCUT2D eigenvalue weighted by Gasteiger charge is 2.24. The molecule has 0 amide bonds. The molecule has 0 unspecified atom stereocenters. The molecule has 1 N–H and O–H groups in total. The Morgan fingerprint density at radius 2 is 1.98 bits per heavy atom. The van der Waals surface area contributed by atoms with Gasteiger partial charge in [-0.05, 0) is 69.2 Å². The van der Waals surface area contributed by atoms with Crippen molar-refractivity contribution in [3.05, 3.63) is 93.2 Å². The van der Waals surface area contributed by atoms with E-state index in [2.05, 4.69) is 26.8 Å². The zero-order valence-corrected chi connectivity index (χ0v) is 25.8. The van der Waals surface area contributed by atoms with Crippen LogP contribution < -0.4 is 4.74 Å². The lowest BCUT2D eigenvalue weighted by atomic mass is 9.98. The smallest absolute Gasteiger partial charge is 0.335 e. The average Bonchev–Trinajstić information content (AvgIpc) is 3.57. The van der Waals surface area contributed by atoms with Gasteiger partial charge in [0.05, 0.1) is 46.0 Å². The monoisotopic (exact) mass is 628 g/mol. The first kappa shape index (κ1) is 30.4. The fourth-order valence-electron chi connectivity index (χ4n) is 4.83. The molecule has 3 aromatic heterocycles. The van der Waals surface area contributed by atoms with Crippen LogP contribution in [0.2, 0.25) is 0 Å². The summed E-state index contributed by atoms with van der Waals surface area (Å²) >= 11 is 1.42. The number of halogens is 2. The zero-order chi connectivity index (χ0) is 31.7. The number of carboxylic acid groups (broad SMARTS) is 1. The fourth-order valence-corrected chi connectivity index (χ4v) is 5.52. The summed E-state index contributed by atoms with van der Waals surface area (Å²) in [6.07, 6.45) is 2.50. The van der Waals surface area contributed by atoms with Gasteiger partial charge < -0.3 is 19.1 Å². The highest BCUT2D eigenvalue weighted by atomic mass is 32.1. The van der Waals surface area contributed by atoms with E-state index in [-0.39, 0.29) is 52.8 Å². The van der Waals surface area contributed by atoms with Crippen LogP contribution in [0.1, 0.15) is 58.8 Å². The van der Waals surface area contributed by atoms with Gasteiger partial charge >= 0.3 is 5.97 Å². The molecule has 1 aliphatic rings. The second-order valence-corrected chi connectivity index (χ2v) is 12.9. The molecule has 0 saturated carbocycles. The van der Waals surface area contributed by atoms with Crippen molar-refractivity contribution in [1.82, 2.24) is 19.5 Å². The van der Waals surface area contributed by atoms with Crippen LogP contribution >= 0.6 is 11.3 Å². The van der Waals surface area contributed by atoms with Crippen LogP contribution in [0.3, 0.4) is 0 Å². The number of pyridine rings is 1. The lowest BCUT2D eigenvalue weighted by Crippen LogP contribution is -2.31. The predicted molar refractivity (Wildman–Crippen MR) is 166 cm³/mol. The number of carbonyl (C=O) groups is 1. The van der Waals surface area contributed by atoms with E-state index in [0.717, 1.165) is 28.4 Å². The second kappa shape index (κ2) is 12.4. The highest BCUT2D eigenvalue weighted by Crippen LogP contribution is 2.29. The first-order valence-electron chi connectivity index (χ1n) is 14.4. The number of hydrogen-bond donors (Lipinski definition) is 1. The van der Waals surface area contributed by atoms with Crippen molar-refractivity contribution in [3.8, 4) is 29.0 Å². The molecular weight excluding hydrogens is 598 g/mol. The van der Waals surface area contributed by atoms with Crippen LogP contribution in [0.5, 0.6) is 5.88 Å². The Morgan fingerprint density at radius 3 is 2.71 bits per heavy atom. The summed E-state index contributed by atoms with van der Waals surface area (Å²) in [6.45, 7) is 7.35. The number of ether oxygens (including phenoxy) is 2. The van der Waals surface area contributed by atoms with Crippen molar-refractivity contribution in [2.45, 2.75) is 52.9 Å². The van der Waals surface area contributed by atoms with Gasteiger partial charge in [0.25, 0.3) is 0 Å². The molecule has 1 saturated heterocycles. The molecule has 0 aliphatic carbocycles. The van der Waals surface area contributed by atoms with Gasteiger partial charge in [-0.25, -0.2) is 28.5 Å². The molecule has 0 bridgehead atoms. The lowest BCUT2D eigenvalue weighted by molar-refractivity contribution is -0.0589. The third-order valence-corrected chi connectivity index (χ3v) is 8.08. The molecule has 5 aromatic rings. The van der Waals surface area contributed by atoms with E-state index < -0.39 is 17.6 Å². The third kappa shape index (κ3) is 7.03. The van der Waals surface area contributed by atoms with Gasteiger partial charge in [-0.15, -0.1) is 11.3 Å². The summed E-state index contributed by atoms with van der Waals surface area (Å²) in [7, 11) is 0. The quantitative estimate of drug-likeness (QED) is 0.178. The number of nitrogens with zero attached hydrogens (tertiary/aromatic N) is 4. The first-order valence-corrected chi connectivity index (χ1v) is 15.2. The Labute approximate surface area is 262 Å². The summed E-state index contributed by atoms with van der Waals surface area (Å²) in [5.74, 6) is 4.72. The molecule has 0 radical (unpaired) electrons. The summed E-state index contributed by atoms with van der Waals surface area (Å²) < 4.78 is 44.3. The van der Waals surface area contributed by atoms with Crippen LogP contribution in [-0.2, 0) is 24.3 Å². The van der Waals surface area contributed by atoms with Gasteiger partial charge in [-0.2, -0.15) is 0 Å². The predicted octanol–water partition coefficient (Wildman–Crippen LogP) is 6.89. The molecule has 0 spiro atoms. The molecule has 2 aromatic carbocycles. The zero-order valence-electron chi connectivity index (χ0n) is 24.9. The molecular formula is C34H30F2N4O4S. The van der Waals surface area contributed by atoms with Crippen molar-refractivity contribution >= 4 is 28.3 Å². The minimum atomic E-state index is -1.06. The van der Waals surface area contributed by atoms with Crippen LogP contribution in [-0.4, -0.2) is 43.3 Å². The van der Waals surface area contributed by atoms with Gasteiger partial charge in [0.15, 0.2) is 0 Å². The maximum atomic E-state index is 15.5. The number of rotatable bonds is 9. The van der Waals surface area contributed by atoms with E-state index in [9.17, 15) is 9.90 Å². The average molecular weight is 629 g/mol.